The first kappa shape index (κ1) is 7.70. The average Bonchev–Trinajstić information content (AvgIpc) is 2.46. The Morgan fingerprint density at radius 3 is 3.08 bits per heavy atom. The third-order valence-corrected chi connectivity index (χ3v) is 1.95. The van der Waals surface area contributed by atoms with Gasteiger partial charge in [0.25, 0.3) is 0 Å². The van der Waals surface area contributed by atoms with Crippen molar-refractivity contribution in [2.45, 2.75) is 6.61 Å². The van der Waals surface area contributed by atoms with E-state index in [0.717, 1.165) is 10.1 Å². The fourth-order valence-electron chi connectivity index (χ4n) is 0.971. The zero-order chi connectivity index (χ0) is 8.55. The molecule has 2 aromatic rings. The van der Waals surface area contributed by atoms with Gasteiger partial charge in [0.05, 0.1) is 0 Å². The van der Waals surface area contributed by atoms with E-state index < -0.39 is 0 Å². The molecule has 0 saturated heterocycles. The van der Waals surface area contributed by atoms with Crippen molar-refractivity contribution < 1.29 is 5.11 Å². The lowest BCUT2D eigenvalue weighted by molar-refractivity contribution is 0.271. The van der Waals surface area contributed by atoms with Gasteiger partial charge in [-0.05, 0) is 28.1 Å². The number of hydrogen-bond acceptors (Lipinski definition) is 3. The second-order valence-electron chi connectivity index (χ2n) is 2.34. The molecule has 0 spiro atoms. The van der Waals surface area contributed by atoms with Crippen LogP contribution in [0.4, 0.5) is 0 Å². The summed E-state index contributed by atoms with van der Waals surface area (Å²) in [6.07, 6.45) is 1.79. The molecular formula is C7H6BrN3O. The molecule has 0 saturated carbocycles. The monoisotopic (exact) mass is 227 g/mol. The summed E-state index contributed by atoms with van der Waals surface area (Å²) in [5, 5.41) is 12.8. The second-order valence-corrected chi connectivity index (χ2v) is 3.25. The molecule has 0 bridgehead atoms. The molecule has 4 nitrogen and oxygen atoms in total. The van der Waals surface area contributed by atoms with Crippen LogP contribution in [-0.2, 0) is 6.61 Å². The summed E-state index contributed by atoms with van der Waals surface area (Å²) in [6.45, 7) is -0.126. The maximum Gasteiger partial charge on any atom is 0.177 e. The van der Waals surface area contributed by atoms with E-state index >= 15 is 0 Å². The summed E-state index contributed by atoms with van der Waals surface area (Å²) < 4.78 is 2.56. The van der Waals surface area contributed by atoms with Gasteiger partial charge in [-0.15, -0.1) is 5.10 Å². The van der Waals surface area contributed by atoms with Crippen LogP contribution < -0.4 is 0 Å². The highest BCUT2D eigenvalue weighted by atomic mass is 79.9. The maximum absolute atomic E-state index is 8.76. The lowest BCUT2D eigenvalue weighted by atomic mass is 10.5. The predicted octanol–water partition coefficient (Wildman–Crippen LogP) is 0.984. The van der Waals surface area contributed by atoms with Gasteiger partial charge < -0.3 is 5.11 Å². The van der Waals surface area contributed by atoms with Crippen LogP contribution >= 0.6 is 15.9 Å². The van der Waals surface area contributed by atoms with E-state index in [-0.39, 0.29) is 6.61 Å². The molecule has 12 heavy (non-hydrogen) atoms. The molecule has 0 aliphatic heterocycles. The number of aromatic nitrogens is 3. The minimum absolute atomic E-state index is 0.126. The fraction of sp³-hybridized carbons (Fsp3) is 0.143. The smallest absolute Gasteiger partial charge is 0.177 e. The number of hydrogen-bond donors (Lipinski definition) is 1. The molecule has 62 valence electrons. The van der Waals surface area contributed by atoms with Gasteiger partial charge in [-0.1, -0.05) is 0 Å². The van der Waals surface area contributed by atoms with Gasteiger partial charge in [0.2, 0.25) is 0 Å². The van der Waals surface area contributed by atoms with Crippen LogP contribution in [0.2, 0.25) is 0 Å². The third kappa shape index (κ3) is 1.21. The van der Waals surface area contributed by atoms with Gasteiger partial charge in [-0.25, -0.2) is 9.50 Å². The number of aliphatic hydroxyl groups is 1. The first-order valence-corrected chi connectivity index (χ1v) is 4.20. The molecular weight excluding hydrogens is 222 g/mol. The van der Waals surface area contributed by atoms with E-state index in [9.17, 15) is 0 Å². The highest BCUT2D eigenvalue weighted by Crippen LogP contribution is 2.10. The van der Waals surface area contributed by atoms with Crippen LogP contribution in [0, 0.1) is 0 Å². The zero-order valence-corrected chi connectivity index (χ0v) is 7.69. The van der Waals surface area contributed by atoms with Crippen molar-refractivity contribution >= 4 is 21.6 Å². The largest absolute Gasteiger partial charge is 0.388 e. The van der Waals surface area contributed by atoms with Gasteiger partial charge in [0.1, 0.15) is 6.61 Å². The highest BCUT2D eigenvalue weighted by molar-refractivity contribution is 9.10. The molecule has 0 aliphatic carbocycles. The molecule has 0 atom stereocenters. The van der Waals surface area contributed by atoms with Gasteiger partial charge in [-0.3, -0.25) is 0 Å². The average molecular weight is 228 g/mol. The van der Waals surface area contributed by atoms with Gasteiger partial charge in [0.15, 0.2) is 11.5 Å². The summed E-state index contributed by atoms with van der Waals surface area (Å²) in [4.78, 5) is 4.05. The summed E-state index contributed by atoms with van der Waals surface area (Å²) in [5.41, 5.74) is 0.738. The Morgan fingerprint density at radius 2 is 2.33 bits per heavy atom. The van der Waals surface area contributed by atoms with Crippen LogP contribution in [0.3, 0.4) is 0 Å². The molecule has 0 aromatic carbocycles. The van der Waals surface area contributed by atoms with Gasteiger partial charge in [0, 0.05) is 10.7 Å². The summed E-state index contributed by atoms with van der Waals surface area (Å²) in [7, 11) is 0. The van der Waals surface area contributed by atoms with E-state index in [0.29, 0.717) is 5.82 Å². The first-order valence-electron chi connectivity index (χ1n) is 3.41. The minimum Gasteiger partial charge on any atom is -0.388 e. The number of aliphatic hydroxyl groups excluding tert-OH is 1. The SMILES string of the molecule is OCc1nc2ccc(Br)cn2n1. The molecule has 0 amide bonds. The fourth-order valence-corrected chi connectivity index (χ4v) is 1.30. The van der Waals surface area contributed by atoms with Gasteiger partial charge >= 0.3 is 0 Å². The van der Waals surface area contributed by atoms with Crippen molar-refractivity contribution in [3.63, 3.8) is 0 Å². The number of rotatable bonds is 1. The quantitative estimate of drug-likeness (QED) is 0.791. The van der Waals surface area contributed by atoms with Crippen molar-refractivity contribution in [1.82, 2.24) is 14.6 Å². The van der Waals surface area contributed by atoms with Crippen molar-refractivity contribution in [3.05, 3.63) is 28.6 Å². The highest BCUT2D eigenvalue weighted by Gasteiger charge is 2.00. The van der Waals surface area contributed by atoms with Gasteiger partial charge in [-0.2, -0.15) is 0 Å². The normalized spacial score (nSPS) is 10.8. The predicted molar refractivity (Wildman–Crippen MR) is 46.6 cm³/mol. The topological polar surface area (TPSA) is 50.4 Å². The van der Waals surface area contributed by atoms with Crippen LogP contribution in [0.15, 0.2) is 22.8 Å². The van der Waals surface area contributed by atoms with E-state index in [1.165, 1.54) is 0 Å². The molecule has 0 fully saturated rings. The maximum atomic E-state index is 8.76. The Kier molecular flexibility index (Phi) is 1.82. The van der Waals surface area contributed by atoms with Crippen LogP contribution in [0.1, 0.15) is 5.82 Å². The summed E-state index contributed by atoms with van der Waals surface area (Å²) in [6, 6.07) is 3.71. The minimum atomic E-state index is -0.126. The Bertz CT molecular complexity index is 412. The van der Waals surface area contributed by atoms with Crippen LogP contribution in [-0.4, -0.2) is 19.7 Å². The Labute approximate surface area is 77.0 Å². The summed E-state index contributed by atoms with van der Waals surface area (Å²) in [5.74, 6) is 0.438. The Balaban J connectivity index is 2.67. The first-order chi connectivity index (χ1) is 5.79. The Morgan fingerprint density at radius 1 is 1.50 bits per heavy atom. The number of fused-ring (bicyclic) bond motifs is 1. The standard InChI is InChI=1S/C7H6BrN3O/c8-5-1-2-7-9-6(4-12)10-11(7)3-5/h1-3,12H,4H2. The molecule has 0 unspecified atom stereocenters. The van der Waals surface area contributed by atoms with Crippen molar-refractivity contribution in [2.75, 3.05) is 0 Å². The lowest BCUT2D eigenvalue weighted by Crippen LogP contribution is -1.88. The van der Waals surface area contributed by atoms with E-state index in [4.69, 9.17) is 5.11 Å². The van der Waals surface area contributed by atoms with Crippen LogP contribution in [0.5, 0.6) is 0 Å². The zero-order valence-electron chi connectivity index (χ0n) is 6.11. The molecule has 2 rings (SSSR count). The van der Waals surface area contributed by atoms with E-state index in [2.05, 4.69) is 26.0 Å². The molecule has 2 heterocycles. The van der Waals surface area contributed by atoms with E-state index in [1.807, 2.05) is 12.1 Å². The molecule has 2 aromatic heterocycles. The number of pyridine rings is 1. The second kappa shape index (κ2) is 2.84. The summed E-state index contributed by atoms with van der Waals surface area (Å²) >= 11 is 3.31. The molecule has 1 N–H and O–H groups in total. The van der Waals surface area contributed by atoms with Crippen molar-refractivity contribution in [2.24, 2.45) is 0 Å². The third-order valence-electron chi connectivity index (χ3n) is 1.48. The van der Waals surface area contributed by atoms with Crippen LogP contribution in [0.25, 0.3) is 5.65 Å². The van der Waals surface area contributed by atoms with Crippen molar-refractivity contribution in [1.29, 1.82) is 0 Å². The Hall–Kier alpha value is -0.940. The molecule has 0 aliphatic rings. The van der Waals surface area contributed by atoms with Crippen molar-refractivity contribution in [3.8, 4) is 0 Å². The number of nitrogens with zero attached hydrogens (tertiary/aromatic N) is 3. The molecule has 0 radical (unpaired) electrons. The number of halogens is 1. The lowest BCUT2D eigenvalue weighted by Gasteiger charge is -1.89. The van der Waals surface area contributed by atoms with E-state index in [1.54, 1.807) is 10.7 Å². The molecule has 5 heteroatoms.